The number of pyridine rings is 1. The number of carbonyl (C=O) groups excluding carboxylic acids is 1. The van der Waals surface area contributed by atoms with Crippen molar-refractivity contribution in [1.29, 1.82) is 0 Å². The van der Waals surface area contributed by atoms with E-state index in [1.807, 2.05) is 30.5 Å². The quantitative estimate of drug-likeness (QED) is 0.683. The summed E-state index contributed by atoms with van der Waals surface area (Å²) in [7, 11) is 0. The first-order valence-corrected chi connectivity index (χ1v) is 9.52. The first-order chi connectivity index (χ1) is 12.7. The van der Waals surface area contributed by atoms with Crippen LogP contribution in [0.3, 0.4) is 0 Å². The number of nitrogens with one attached hydrogen (secondary N) is 1. The molecule has 154 valence electrons. The number of hydrogen-bond donors (Lipinski definition) is 2. The summed E-state index contributed by atoms with van der Waals surface area (Å²) < 4.78 is 0. The van der Waals surface area contributed by atoms with Gasteiger partial charge in [-0.15, -0.1) is 24.8 Å². The van der Waals surface area contributed by atoms with E-state index < -0.39 is 0 Å². The largest absolute Gasteiger partial charge is 0.399 e. The van der Waals surface area contributed by atoms with Gasteiger partial charge in [-0.3, -0.25) is 4.79 Å². The number of benzene rings is 1. The number of rotatable bonds is 6. The summed E-state index contributed by atoms with van der Waals surface area (Å²) in [5, 5.41) is 2.96. The Morgan fingerprint density at radius 2 is 1.75 bits per heavy atom. The highest BCUT2D eigenvalue weighted by Crippen LogP contribution is 2.17. The molecular weight excluding hydrogens is 395 g/mol. The van der Waals surface area contributed by atoms with Crippen molar-refractivity contribution < 1.29 is 4.79 Å². The molecule has 1 saturated heterocycles. The predicted molar refractivity (Wildman–Crippen MR) is 120 cm³/mol. The summed E-state index contributed by atoms with van der Waals surface area (Å²) in [6, 6.07) is 11.8. The molecule has 5 nitrogen and oxygen atoms in total. The summed E-state index contributed by atoms with van der Waals surface area (Å²) >= 11 is 0. The van der Waals surface area contributed by atoms with Gasteiger partial charge < -0.3 is 16.0 Å². The Hall–Kier alpha value is -1.98. The van der Waals surface area contributed by atoms with E-state index in [0.717, 1.165) is 35.7 Å². The molecule has 3 N–H and O–H groups in total. The van der Waals surface area contributed by atoms with Gasteiger partial charge in [0.25, 0.3) is 0 Å². The van der Waals surface area contributed by atoms with Gasteiger partial charge in [-0.1, -0.05) is 37.1 Å². The van der Waals surface area contributed by atoms with Gasteiger partial charge in [0.2, 0.25) is 5.91 Å². The lowest BCUT2D eigenvalue weighted by Crippen LogP contribution is -2.25. The summed E-state index contributed by atoms with van der Waals surface area (Å²) in [5.74, 6) is 1.08. The molecule has 0 atom stereocenters. The summed E-state index contributed by atoms with van der Waals surface area (Å²) in [6.45, 7) is 2.69. The monoisotopic (exact) mass is 424 g/mol. The third kappa shape index (κ3) is 7.21. The van der Waals surface area contributed by atoms with Crippen molar-refractivity contribution in [2.45, 2.75) is 45.1 Å². The Morgan fingerprint density at radius 1 is 1.04 bits per heavy atom. The van der Waals surface area contributed by atoms with Crippen LogP contribution >= 0.6 is 24.8 Å². The number of para-hydroxylation sites is 1. The van der Waals surface area contributed by atoms with Crippen LogP contribution in [0.4, 0.5) is 11.5 Å². The number of nitrogens with two attached hydrogens (primary N) is 1. The maximum absolute atomic E-state index is 12.1. The van der Waals surface area contributed by atoms with Crippen molar-refractivity contribution in [1.82, 2.24) is 10.3 Å². The minimum absolute atomic E-state index is 0. The Bertz CT molecular complexity index is 717. The molecule has 1 amide bonds. The molecule has 1 aromatic heterocycles. The van der Waals surface area contributed by atoms with E-state index in [1.54, 1.807) is 0 Å². The van der Waals surface area contributed by atoms with Crippen LogP contribution in [0.15, 0.2) is 42.6 Å². The van der Waals surface area contributed by atoms with E-state index in [2.05, 4.69) is 27.3 Å². The average molecular weight is 425 g/mol. The van der Waals surface area contributed by atoms with Crippen molar-refractivity contribution in [2.24, 2.45) is 0 Å². The van der Waals surface area contributed by atoms with Gasteiger partial charge in [-0.2, -0.15) is 0 Å². The molecule has 3 rings (SSSR count). The second-order valence-corrected chi connectivity index (χ2v) is 6.90. The zero-order chi connectivity index (χ0) is 18.2. The van der Waals surface area contributed by atoms with E-state index in [0.29, 0.717) is 19.4 Å². The lowest BCUT2D eigenvalue weighted by Gasteiger charge is -2.21. The van der Waals surface area contributed by atoms with E-state index in [-0.39, 0.29) is 30.7 Å². The van der Waals surface area contributed by atoms with E-state index in [1.165, 1.54) is 25.7 Å². The van der Waals surface area contributed by atoms with Gasteiger partial charge in [0, 0.05) is 37.9 Å². The molecule has 0 bridgehead atoms. The van der Waals surface area contributed by atoms with Crippen molar-refractivity contribution in [3.05, 3.63) is 53.7 Å². The molecule has 1 fully saturated rings. The standard InChI is InChI=1S/C21H28N4O.2ClH/c22-19-8-4-3-7-18(19)10-12-21(26)24-16-17-9-11-20(23-15-17)25-13-5-1-2-6-14-25;;/h3-4,7-9,11,15H,1-2,5-6,10,12-14,16,22H2,(H,24,26);2*1H. The molecule has 1 aliphatic heterocycles. The number of hydrogen-bond acceptors (Lipinski definition) is 4. The fraction of sp³-hybridized carbons (Fsp3) is 0.429. The molecule has 2 aromatic rings. The van der Waals surface area contributed by atoms with Crippen LogP contribution in [0.5, 0.6) is 0 Å². The molecule has 7 heteroatoms. The average Bonchev–Trinajstić information content (AvgIpc) is 2.96. The SMILES string of the molecule is Cl.Cl.Nc1ccccc1CCC(=O)NCc1ccc(N2CCCCCC2)nc1. The Kier molecular flexibility index (Phi) is 10.7. The maximum atomic E-state index is 12.1. The van der Waals surface area contributed by atoms with Crippen molar-refractivity contribution in [3.8, 4) is 0 Å². The van der Waals surface area contributed by atoms with Crippen LogP contribution in [-0.2, 0) is 17.8 Å². The minimum atomic E-state index is 0. The number of aryl methyl sites for hydroxylation is 1. The minimum Gasteiger partial charge on any atom is -0.399 e. The molecular formula is C21H30Cl2N4O. The summed E-state index contributed by atoms with van der Waals surface area (Å²) in [4.78, 5) is 19.0. The lowest BCUT2D eigenvalue weighted by molar-refractivity contribution is -0.121. The van der Waals surface area contributed by atoms with Crippen LogP contribution in [0.25, 0.3) is 0 Å². The van der Waals surface area contributed by atoms with Crippen LogP contribution in [0, 0.1) is 0 Å². The lowest BCUT2D eigenvalue weighted by atomic mass is 10.1. The number of halogens is 2. The van der Waals surface area contributed by atoms with Gasteiger partial charge in [0.05, 0.1) is 0 Å². The fourth-order valence-electron chi connectivity index (χ4n) is 3.31. The predicted octanol–water partition coefficient (Wildman–Crippen LogP) is 4.14. The van der Waals surface area contributed by atoms with Gasteiger partial charge in [0.1, 0.15) is 5.82 Å². The van der Waals surface area contributed by atoms with Gasteiger partial charge >= 0.3 is 0 Å². The molecule has 0 spiro atoms. The Morgan fingerprint density at radius 3 is 2.39 bits per heavy atom. The number of aromatic nitrogens is 1. The van der Waals surface area contributed by atoms with E-state index in [9.17, 15) is 4.79 Å². The zero-order valence-electron chi connectivity index (χ0n) is 16.1. The molecule has 0 unspecified atom stereocenters. The molecule has 0 radical (unpaired) electrons. The molecule has 1 aromatic carbocycles. The zero-order valence-corrected chi connectivity index (χ0v) is 17.7. The highest BCUT2D eigenvalue weighted by atomic mass is 35.5. The van der Waals surface area contributed by atoms with Gasteiger partial charge in [0.15, 0.2) is 0 Å². The fourth-order valence-corrected chi connectivity index (χ4v) is 3.31. The molecule has 0 aliphatic carbocycles. The number of amides is 1. The maximum Gasteiger partial charge on any atom is 0.220 e. The Labute approximate surface area is 179 Å². The first-order valence-electron chi connectivity index (χ1n) is 9.52. The second kappa shape index (κ2) is 12.5. The van der Waals surface area contributed by atoms with Crippen molar-refractivity contribution in [2.75, 3.05) is 23.7 Å². The number of nitrogen functional groups attached to an aromatic ring is 1. The smallest absolute Gasteiger partial charge is 0.220 e. The van der Waals surface area contributed by atoms with Crippen LogP contribution in [0.1, 0.15) is 43.2 Å². The molecule has 0 saturated carbocycles. The summed E-state index contributed by atoms with van der Waals surface area (Å²) in [6.07, 6.45) is 8.08. The highest BCUT2D eigenvalue weighted by Gasteiger charge is 2.11. The summed E-state index contributed by atoms with van der Waals surface area (Å²) in [5.41, 5.74) is 8.70. The molecule has 1 aliphatic rings. The molecule has 2 heterocycles. The van der Waals surface area contributed by atoms with Crippen LogP contribution < -0.4 is 16.0 Å². The van der Waals surface area contributed by atoms with Crippen LogP contribution in [0.2, 0.25) is 0 Å². The second-order valence-electron chi connectivity index (χ2n) is 6.90. The molecule has 28 heavy (non-hydrogen) atoms. The van der Waals surface area contributed by atoms with Crippen molar-refractivity contribution in [3.63, 3.8) is 0 Å². The third-order valence-electron chi connectivity index (χ3n) is 4.91. The van der Waals surface area contributed by atoms with Gasteiger partial charge in [-0.25, -0.2) is 4.98 Å². The number of carbonyl (C=O) groups is 1. The number of nitrogens with zero attached hydrogens (tertiary/aromatic N) is 2. The topological polar surface area (TPSA) is 71.2 Å². The Balaban J connectivity index is 0.00000196. The first kappa shape index (κ1) is 24.1. The number of anilines is 2. The van der Waals surface area contributed by atoms with E-state index in [4.69, 9.17) is 5.73 Å². The van der Waals surface area contributed by atoms with Crippen molar-refractivity contribution >= 4 is 42.2 Å². The normalized spacial score (nSPS) is 13.6. The third-order valence-corrected chi connectivity index (χ3v) is 4.91. The van der Waals surface area contributed by atoms with Gasteiger partial charge in [-0.05, 0) is 42.5 Å². The van der Waals surface area contributed by atoms with Crippen LogP contribution in [-0.4, -0.2) is 24.0 Å². The highest BCUT2D eigenvalue weighted by molar-refractivity contribution is 5.85. The van der Waals surface area contributed by atoms with E-state index >= 15 is 0 Å².